The molecule has 0 aliphatic carbocycles. The lowest BCUT2D eigenvalue weighted by Crippen LogP contribution is -2.57. The summed E-state index contributed by atoms with van der Waals surface area (Å²) < 4.78 is 0. The van der Waals surface area contributed by atoms with Gasteiger partial charge in [-0.05, 0) is 43.9 Å². The summed E-state index contributed by atoms with van der Waals surface area (Å²) in [5.41, 5.74) is 22.3. The molecule has 15 nitrogen and oxygen atoms in total. The van der Waals surface area contributed by atoms with Crippen LogP contribution in [0, 0.1) is 0 Å². The monoisotopic (exact) mass is 522 g/mol. The van der Waals surface area contributed by atoms with Crippen molar-refractivity contribution in [1.29, 1.82) is 0 Å². The molecule has 0 radical (unpaired) electrons. The molecule has 4 unspecified atom stereocenters. The number of carboxylic acid groups (broad SMARTS) is 1. The molecule has 15 heteroatoms. The van der Waals surface area contributed by atoms with Crippen molar-refractivity contribution in [3.8, 4) is 5.75 Å². The first-order chi connectivity index (χ1) is 17.3. The zero-order valence-corrected chi connectivity index (χ0v) is 20.3. The number of carbonyl (C=O) groups excluding carboxylic acids is 4. The molecule has 0 saturated carbocycles. The number of hydrogen-bond acceptors (Lipinski definition) is 8. The standard InChI is InChI=1S/C22H34N8O7/c1-11(21(36)37)28-19(34)15(3-2-8-27-22(25)26)29-20(35)16(10-17(24)32)30-18(33)14(23)9-12-4-6-13(31)7-5-12/h4-7,11,14-16,31H,2-3,8-10,23H2,1H3,(H2,24,32)(H,28,34)(H,29,35)(H,30,33)(H,36,37)(H4,25,26,27). The van der Waals surface area contributed by atoms with E-state index in [2.05, 4.69) is 20.9 Å². The highest BCUT2D eigenvalue weighted by molar-refractivity contribution is 5.96. The van der Waals surface area contributed by atoms with Crippen molar-refractivity contribution in [2.24, 2.45) is 27.9 Å². The van der Waals surface area contributed by atoms with Gasteiger partial charge in [0.15, 0.2) is 5.96 Å². The molecule has 0 aliphatic rings. The van der Waals surface area contributed by atoms with E-state index in [4.69, 9.17) is 28.0 Å². The summed E-state index contributed by atoms with van der Waals surface area (Å²) in [7, 11) is 0. The van der Waals surface area contributed by atoms with E-state index in [1.54, 1.807) is 12.1 Å². The molecule has 1 rings (SSSR count). The average Bonchev–Trinajstić information content (AvgIpc) is 2.81. The molecule has 4 amide bonds. The van der Waals surface area contributed by atoms with Crippen molar-refractivity contribution in [3.63, 3.8) is 0 Å². The number of nitrogens with zero attached hydrogens (tertiary/aromatic N) is 1. The zero-order valence-electron chi connectivity index (χ0n) is 20.3. The van der Waals surface area contributed by atoms with E-state index in [1.165, 1.54) is 19.1 Å². The number of aliphatic carboxylic acids is 1. The summed E-state index contributed by atoms with van der Waals surface area (Å²) in [5.74, 6) is -4.80. The lowest BCUT2D eigenvalue weighted by molar-refractivity contribution is -0.142. The number of phenolic OH excluding ortho intramolecular Hbond substituents is 1. The van der Waals surface area contributed by atoms with E-state index in [-0.39, 0.29) is 37.5 Å². The molecule has 0 aliphatic heterocycles. The number of amides is 4. The van der Waals surface area contributed by atoms with Crippen LogP contribution >= 0.6 is 0 Å². The normalized spacial score (nSPS) is 13.8. The maximum absolute atomic E-state index is 12.9. The largest absolute Gasteiger partial charge is 0.508 e. The van der Waals surface area contributed by atoms with Crippen LogP contribution in [0.4, 0.5) is 0 Å². The summed E-state index contributed by atoms with van der Waals surface area (Å²) in [6.45, 7) is 1.37. The van der Waals surface area contributed by atoms with Gasteiger partial charge in [0.1, 0.15) is 23.9 Å². The minimum absolute atomic E-state index is 0.0122. The number of benzene rings is 1. The van der Waals surface area contributed by atoms with Crippen molar-refractivity contribution < 1.29 is 34.2 Å². The maximum atomic E-state index is 12.9. The number of nitrogens with two attached hydrogens (primary N) is 4. The van der Waals surface area contributed by atoms with Gasteiger partial charge in [0, 0.05) is 6.54 Å². The van der Waals surface area contributed by atoms with E-state index in [1.807, 2.05) is 0 Å². The molecule has 0 saturated heterocycles. The van der Waals surface area contributed by atoms with Crippen LogP contribution in [-0.2, 0) is 30.4 Å². The third-order valence-corrected chi connectivity index (χ3v) is 5.07. The Balaban J connectivity index is 2.95. The van der Waals surface area contributed by atoms with Crippen LogP contribution in [-0.4, -0.2) is 76.5 Å². The number of primary amides is 1. The number of aromatic hydroxyl groups is 1. The molecular formula is C22H34N8O7. The van der Waals surface area contributed by atoms with E-state index < -0.39 is 60.2 Å². The molecule has 204 valence electrons. The highest BCUT2D eigenvalue weighted by Crippen LogP contribution is 2.11. The number of phenols is 1. The fourth-order valence-corrected chi connectivity index (χ4v) is 3.09. The van der Waals surface area contributed by atoms with Crippen LogP contribution < -0.4 is 38.9 Å². The van der Waals surface area contributed by atoms with Gasteiger partial charge in [-0.1, -0.05) is 12.1 Å². The van der Waals surface area contributed by atoms with Crippen LogP contribution in [0.15, 0.2) is 29.3 Å². The summed E-state index contributed by atoms with van der Waals surface area (Å²) in [6.07, 6.45) is -0.266. The highest BCUT2D eigenvalue weighted by Gasteiger charge is 2.30. The quantitative estimate of drug-likeness (QED) is 0.0630. The molecule has 1 aromatic carbocycles. The van der Waals surface area contributed by atoms with Gasteiger partial charge in [-0.2, -0.15) is 0 Å². The Labute approximate surface area is 213 Å². The molecule has 0 heterocycles. The first-order valence-corrected chi connectivity index (χ1v) is 11.3. The van der Waals surface area contributed by atoms with Gasteiger partial charge in [-0.3, -0.25) is 29.0 Å². The van der Waals surface area contributed by atoms with Crippen LogP contribution in [0.5, 0.6) is 5.75 Å². The Bertz CT molecular complexity index is 995. The molecule has 0 fully saturated rings. The topological polar surface area (TPSA) is 278 Å². The Hall–Kier alpha value is -4.40. The van der Waals surface area contributed by atoms with E-state index in [0.717, 1.165) is 0 Å². The van der Waals surface area contributed by atoms with E-state index >= 15 is 0 Å². The summed E-state index contributed by atoms with van der Waals surface area (Å²) in [6, 6.07) is 0.938. The maximum Gasteiger partial charge on any atom is 0.325 e. The minimum Gasteiger partial charge on any atom is -0.508 e. The van der Waals surface area contributed by atoms with Crippen LogP contribution in [0.2, 0.25) is 0 Å². The van der Waals surface area contributed by atoms with Crippen molar-refractivity contribution in [2.75, 3.05) is 6.54 Å². The van der Waals surface area contributed by atoms with Crippen LogP contribution in [0.3, 0.4) is 0 Å². The van der Waals surface area contributed by atoms with Crippen molar-refractivity contribution >= 4 is 35.6 Å². The zero-order chi connectivity index (χ0) is 28.1. The van der Waals surface area contributed by atoms with Gasteiger partial charge in [0.25, 0.3) is 0 Å². The Morgan fingerprint density at radius 1 is 0.919 bits per heavy atom. The minimum atomic E-state index is -1.46. The predicted molar refractivity (Wildman–Crippen MR) is 133 cm³/mol. The fourth-order valence-electron chi connectivity index (χ4n) is 3.09. The van der Waals surface area contributed by atoms with Gasteiger partial charge >= 0.3 is 5.97 Å². The average molecular weight is 523 g/mol. The van der Waals surface area contributed by atoms with Crippen molar-refractivity contribution in [1.82, 2.24) is 16.0 Å². The first-order valence-electron chi connectivity index (χ1n) is 11.3. The number of aliphatic imine (C=N–C) groups is 1. The van der Waals surface area contributed by atoms with Gasteiger partial charge in [0.2, 0.25) is 23.6 Å². The molecule has 13 N–H and O–H groups in total. The first kappa shape index (κ1) is 30.6. The van der Waals surface area contributed by atoms with Crippen molar-refractivity contribution in [3.05, 3.63) is 29.8 Å². The molecule has 4 atom stereocenters. The summed E-state index contributed by atoms with van der Waals surface area (Å²) in [5, 5.41) is 25.4. The number of carboxylic acids is 1. The number of guanidine groups is 1. The van der Waals surface area contributed by atoms with Gasteiger partial charge in [-0.25, -0.2) is 0 Å². The van der Waals surface area contributed by atoms with Gasteiger partial charge < -0.3 is 49.1 Å². The smallest absolute Gasteiger partial charge is 0.325 e. The van der Waals surface area contributed by atoms with E-state index in [9.17, 15) is 29.1 Å². The lowest BCUT2D eigenvalue weighted by atomic mass is 10.0. The summed E-state index contributed by atoms with van der Waals surface area (Å²) >= 11 is 0. The Morgan fingerprint density at radius 2 is 1.49 bits per heavy atom. The second kappa shape index (κ2) is 14.9. The SMILES string of the molecule is CC(NC(=O)C(CCCN=C(N)N)NC(=O)C(CC(N)=O)NC(=O)C(N)Cc1ccc(O)cc1)C(=O)O. The summed E-state index contributed by atoms with van der Waals surface area (Å²) in [4.78, 5) is 64.6. The lowest BCUT2D eigenvalue weighted by Gasteiger charge is -2.24. The third kappa shape index (κ3) is 11.7. The van der Waals surface area contributed by atoms with Gasteiger partial charge in [0.05, 0.1) is 12.5 Å². The van der Waals surface area contributed by atoms with Gasteiger partial charge in [-0.15, -0.1) is 0 Å². The van der Waals surface area contributed by atoms with Crippen molar-refractivity contribution in [2.45, 2.75) is 56.8 Å². The van der Waals surface area contributed by atoms with Crippen LogP contribution in [0.25, 0.3) is 0 Å². The van der Waals surface area contributed by atoms with Crippen LogP contribution in [0.1, 0.15) is 31.7 Å². The Kier molecular flexibility index (Phi) is 12.3. The molecule has 0 aromatic heterocycles. The fraction of sp³-hybridized carbons (Fsp3) is 0.455. The second-order valence-corrected chi connectivity index (χ2v) is 8.29. The van der Waals surface area contributed by atoms with E-state index in [0.29, 0.717) is 5.56 Å². The Morgan fingerprint density at radius 3 is 2.03 bits per heavy atom. The molecule has 0 bridgehead atoms. The second-order valence-electron chi connectivity index (χ2n) is 8.29. The number of hydrogen-bond donors (Lipinski definition) is 9. The molecule has 1 aromatic rings. The number of carbonyl (C=O) groups is 5. The predicted octanol–water partition coefficient (Wildman–Crippen LogP) is -3.25. The molecular weight excluding hydrogens is 488 g/mol. The molecule has 37 heavy (non-hydrogen) atoms. The third-order valence-electron chi connectivity index (χ3n) is 5.07. The number of rotatable bonds is 15. The number of nitrogens with one attached hydrogen (secondary N) is 3. The molecule has 0 spiro atoms. The highest BCUT2D eigenvalue weighted by atomic mass is 16.4.